The van der Waals surface area contributed by atoms with Gasteiger partial charge in [0.1, 0.15) is 0 Å². The van der Waals surface area contributed by atoms with Crippen molar-refractivity contribution in [2.75, 3.05) is 19.8 Å². The van der Waals surface area contributed by atoms with Gasteiger partial charge in [0.2, 0.25) is 0 Å². The number of rotatable bonds is 3. The second-order valence-electron chi connectivity index (χ2n) is 3.46. The van der Waals surface area contributed by atoms with Gasteiger partial charge in [-0.3, -0.25) is 0 Å². The highest BCUT2D eigenvalue weighted by Crippen LogP contribution is 2.15. The molecule has 3 N–H and O–H groups in total. The van der Waals surface area contributed by atoms with Crippen LogP contribution in [0.4, 0.5) is 5.69 Å². The minimum Gasteiger partial charge on any atom is -0.478 e. The van der Waals surface area contributed by atoms with E-state index in [0.717, 1.165) is 5.56 Å². The van der Waals surface area contributed by atoms with E-state index in [1.165, 1.54) is 6.07 Å². The van der Waals surface area contributed by atoms with Crippen LogP contribution in [0, 0.1) is 0 Å². The fourth-order valence-electron chi connectivity index (χ4n) is 1.21. The average Bonchev–Trinajstić information content (AvgIpc) is 2.07. The van der Waals surface area contributed by atoms with Crippen LogP contribution >= 0.6 is 0 Å². The van der Waals surface area contributed by atoms with Crippen LogP contribution in [0.2, 0.25) is 0 Å². The minimum absolute atomic E-state index is 0.227. The molecule has 4 nitrogen and oxygen atoms in total. The molecule has 0 bridgehead atoms. The maximum Gasteiger partial charge on any atom is 0.335 e. The topological polar surface area (TPSA) is 66.6 Å². The second kappa shape index (κ2) is 4.11. The highest BCUT2D eigenvalue weighted by molar-refractivity contribution is 5.88. The lowest BCUT2D eigenvalue weighted by Crippen LogP contribution is -2.12. The Hall–Kier alpha value is -1.55. The van der Waals surface area contributed by atoms with Crippen molar-refractivity contribution in [2.45, 2.75) is 6.54 Å². The van der Waals surface area contributed by atoms with E-state index in [-0.39, 0.29) is 5.56 Å². The maximum atomic E-state index is 10.6. The van der Waals surface area contributed by atoms with Crippen LogP contribution < -0.4 is 5.73 Å². The van der Waals surface area contributed by atoms with Crippen molar-refractivity contribution in [1.29, 1.82) is 0 Å². The lowest BCUT2D eigenvalue weighted by atomic mass is 10.1. The second-order valence-corrected chi connectivity index (χ2v) is 3.46. The fraction of sp³-hybridized carbons (Fsp3) is 0.300. The van der Waals surface area contributed by atoms with Crippen LogP contribution in [0.15, 0.2) is 18.2 Å². The molecule has 0 aromatic heterocycles. The largest absolute Gasteiger partial charge is 0.478 e. The molecule has 14 heavy (non-hydrogen) atoms. The summed E-state index contributed by atoms with van der Waals surface area (Å²) in [6.45, 7) is 0.714. The minimum atomic E-state index is -0.951. The van der Waals surface area contributed by atoms with E-state index < -0.39 is 5.97 Å². The Balaban J connectivity index is 2.95. The molecule has 0 aliphatic carbocycles. The molecule has 0 fully saturated rings. The molecule has 0 saturated carbocycles. The number of anilines is 1. The summed E-state index contributed by atoms with van der Waals surface area (Å²) in [6, 6.07) is 4.80. The molecule has 1 rings (SSSR count). The van der Waals surface area contributed by atoms with Crippen LogP contribution in [0.25, 0.3) is 0 Å². The Bertz CT molecular complexity index is 348. The number of benzene rings is 1. The number of hydrogen-bond acceptors (Lipinski definition) is 3. The molecule has 0 heterocycles. The smallest absolute Gasteiger partial charge is 0.335 e. The predicted octanol–water partition coefficient (Wildman–Crippen LogP) is 1.03. The van der Waals surface area contributed by atoms with E-state index in [2.05, 4.69) is 0 Å². The van der Waals surface area contributed by atoms with Gasteiger partial charge in [0, 0.05) is 12.2 Å². The zero-order chi connectivity index (χ0) is 10.7. The van der Waals surface area contributed by atoms with Gasteiger partial charge in [-0.2, -0.15) is 0 Å². The third-order valence-corrected chi connectivity index (χ3v) is 1.88. The maximum absolute atomic E-state index is 10.6. The molecule has 0 aliphatic rings. The van der Waals surface area contributed by atoms with E-state index in [1.54, 1.807) is 12.1 Å². The van der Waals surface area contributed by atoms with Crippen molar-refractivity contribution in [3.8, 4) is 0 Å². The van der Waals surface area contributed by atoms with Crippen molar-refractivity contribution >= 4 is 11.7 Å². The Morgan fingerprint density at radius 1 is 1.50 bits per heavy atom. The summed E-state index contributed by atoms with van der Waals surface area (Å²) in [4.78, 5) is 12.6. The van der Waals surface area contributed by atoms with Gasteiger partial charge in [0.15, 0.2) is 0 Å². The molecule has 1 aromatic carbocycles. The molecule has 0 amide bonds. The van der Waals surface area contributed by atoms with Crippen LogP contribution in [0.1, 0.15) is 15.9 Å². The summed E-state index contributed by atoms with van der Waals surface area (Å²) in [5.74, 6) is -0.951. The van der Waals surface area contributed by atoms with Crippen LogP contribution in [0.3, 0.4) is 0 Å². The fourth-order valence-corrected chi connectivity index (χ4v) is 1.21. The van der Waals surface area contributed by atoms with Crippen molar-refractivity contribution in [3.63, 3.8) is 0 Å². The number of carboxylic acids is 1. The number of nitrogens with two attached hydrogens (primary N) is 1. The van der Waals surface area contributed by atoms with Crippen LogP contribution in [-0.2, 0) is 6.54 Å². The van der Waals surface area contributed by atoms with Crippen molar-refractivity contribution in [1.82, 2.24) is 4.90 Å². The molecule has 0 saturated heterocycles. The summed E-state index contributed by atoms with van der Waals surface area (Å²) in [5, 5.41) is 8.72. The van der Waals surface area contributed by atoms with Gasteiger partial charge in [-0.25, -0.2) is 4.79 Å². The molecule has 0 unspecified atom stereocenters. The summed E-state index contributed by atoms with van der Waals surface area (Å²) in [5.41, 5.74) is 7.42. The summed E-state index contributed by atoms with van der Waals surface area (Å²) in [6.07, 6.45) is 0. The molecule has 0 aliphatic heterocycles. The zero-order valence-corrected chi connectivity index (χ0v) is 8.32. The van der Waals surface area contributed by atoms with Gasteiger partial charge in [-0.15, -0.1) is 0 Å². The molecule has 0 radical (unpaired) electrons. The van der Waals surface area contributed by atoms with Crippen molar-refractivity contribution in [2.24, 2.45) is 0 Å². The molecule has 0 spiro atoms. The Labute approximate surface area is 82.9 Å². The number of nitrogen functional groups attached to an aromatic ring is 1. The zero-order valence-electron chi connectivity index (χ0n) is 8.32. The van der Waals surface area contributed by atoms with Crippen LogP contribution in [0.5, 0.6) is 0 Å². The lowest BCUT2D eigenvalue weighted by molar-refractivity contribution is 0.0697. The summed E-state index contributed by atoms with van der Waals surface area (Å²) < 4.78 is 0. The normalized spacial score (nSPS) is 10.5. The van der Waals surface area contributed by atoms with Crippen molar-refractivity contribution in [3.05, 3.63) is 29.3 Å². The molecular weight excluding hydrogens is 180 g/mol. The monoisotopic (exact) mass is 194 g/mol. The first-order chi connectivity index (χ1) is 6.50. The SMILES string of the molecule is CN(C)Cc1ccc(C(=O)O)cc1N. The first-order valence-electron chi connectivity index (χ1n) is 4.27. The standard InChI is InChI=1S/C10H14N2O2/c1-12(2)6-8-4-3-7(10(13)14)5-9(8)11/h3-5H,6,11H2,1-2H3,(H,13,14). The predicted molar refractivity (Wildman–Crippen MR) is 55.2 cm³/mol. The van der Waals surface area contributed by atoms with Gasteiger partial charge in [0.25, 0.3) is 0 Å². The molecule has 4 heteroatoms. The van der Waals surface area contributed by atoms with Gasteiger partial charge < -0.3 is 15.7 Å². The van der Waals surface area contributed by atoms with Gasteiger partial charge in [-0.05, 0) is 31.8 Å². The highest BCUT2D eigenvalue weighted by atomic mass is 16.4. The summed E-state index contributed by atoms with van der Waals surface area (Å²) in [7, 11) is 3.87. The van der Waals surface area contributed by atoms with E-state index in [0.29, 0.717) is 12.2 Å². The molecular formula is C10H14N2O2. The Morgan fingerprint density at radius 3 is 2.57 bits per heavy atom. The molecule has 76 valence electrons. The number of hydrogen-bond donors (Lipinski definition) is 2. The molecule has 1 aromatic rings. The third-order valence-electron chi connectivity index (χ3n) is 1.88. The highest BCUT2D eigenvalue weighted by Gasteiger charge is 2.06. The average molecular weight is 194 g/mol. The van der Waals surface area contributed by atoms with Gasteiger partial charge >= 0.3 is 5.97 Å². The Morgan fingerprint density at radius 2 is 2.14 bits per heavy atom. The first kappa shape index (κ1) is 10.5. The van der Waals surface area contributed by atoms with E-state index >= 15 is 0 Å². The van der Waals surface area contributed by atoms with Crippen LogP contribution in [-0.4, -0.2) is 30.1 Å². The van der Waals surface area contributed by atoms with Gasteiger partial charge in [-0.1, -0.05) is 6.07 Å². The number of aromatic carboxylic acids is 1. The van der Waals surface area contributed by atoms with E-state index in [9.17, 15) is 4.79 Å². The van der Waals surface area contributed by atoms with E-state index in [1.807, 2.05) is 19.0 Å². The quantitative estimate of drug-likeness (QED) is 0.705. The van der Waals surface area contributed by atoms with Gasteiger partial charge in [0.05, 0.1) is 5.56 Å². The summed E-state index contributed by atoms with van der Waals surface area (Å²) >= 11 is 0. The third kappa shape index (κ3) is 2.47. The Kier molecular flexibility index (Phi) is 3.09. The van der Waals surface area contributed by atoms with E-state index in [4.69, 9.17) is 10.8 Å². The number of carbonyl (C=O) groups is 1. The lowest BCUT2D eigenvalue weighted by Gasteiger charge is -2.12. The first-order valence-corrected chi connectivity index (χ1v) is 4.27. The number of nitrogens with zero attached hydrogens (tertiary/aromatic N) is 1. The molecule has 0 atom stereocenters. The van der Waals surface area contributed by atoms with Crippen molar-refractivity contribution < 1.29 is 9.90 Å². The number of carboxylic acid groups (broad SMARTS) is 1.